The lowest BCUT2D eigenvalue weighted by atomic mass is 9.77. The highest BCUT2D eigenvalue weighted by Gasteiger charge is 2.65. The summed E-state index contributed by atoms with van der Waals surface area (Å²) in [5, 5.41) is 5.12. The van der Waals surface area contributed by atoms with Gasteiger partial charge < -0.3 is 20.1 Å². The smallest absolute Gasteiger partial charge is 0.417 e. The van der Waals surface area contributed by atoms with Gasteiger partial charge in [-0.3, -0.25) is 13.9 Å². The van der Waals surface area contributed by atoms with Crippen molar-refractivity contribution < 1.29 is 45.3 Å². The monoisotopic (exact) mass is 535 g/mol. The van der Waals surface area contributed by atoms with E-state index in [1.807, 2.05) is 0 Å². The Kier molecular flexibility index (Phi) is 6.44. The van der Waals surface area contributed by atoms with Gasteiger partial charge in [0.2, 0.25) is 5.82 Å². The Morgan fingerprint density at radius 3 is 2.58 bits per heavy atom. The molecule has 1 fully saturated rings. The third kappa shape index (κ3) is 4.17. The van der Waals surface area contributed by atoms with Crippen LogP contribution in [0.4, 0.5) is 33.3 Å². The maximum absolute atomic E-state index is 14.5. The minimum atomic E-state index is -4.91. The van der Waals surface area contributed by atoms with E-state index in [0.29, 0.717) is 5.69 Å². The molecule has 0 unspecified atom stereocenters. The molecular formula is C22H22F5N3O5S. The van der Waals surface area contributed by atoms with E-state index in [2.05, 4.69) is 15.0 Å². The van der Waals surface area contributed by atoms with Crippen LogP contribution < -0.4 is 15.4 Å². The summed E-state index contributed by atoms with van der Waals surface area (Å²) in [5.41, 5.74) is -2.65. The first-order chi connectivity index (χ1) is 16.7. The molecule has 2 heterocycles. The summed E-state index contributed by atoms with van der Waals surface area (Å²) in [6, 6.07) is 5.80. The van der Waals surface area contributed by atoms with Crippen LogP contribution in [-0.4, -0.2) is 46.3 Å². The van der Waals surface area contributed by atoms with E-state index in [1.54, 1.807) is 0 Å². The number of methoxy groups -OCH3 is 1. The van der Waals surface area contributed by atoms with Crippen molar-refractivity contribution in [1.82, 2.24) is 0 Å². The highest BCUT2D eigenvalue weighted by Crippen LogP contribution is 2.56. The highest BCUT2D eigenvalue weighted by atomic mass is 32.3. The first-order valence-corrected chi connectivity index (χ1v) is 12.0. The summed E-state index contributed by atoms with van der Waals surface area (Å²) >= 11 is 0. The van der Waals surface area contributed by atoms with Crippen molar-refractivity contribution in [3.8, 4) is 5.75 Å². The lowest BCUT2D eigenvalue weighted by Crippen LogP contribution is -2.47. The maximum Gasteiger partial charge on any atom is 0.417 e. The van der Waals surface area contributed by atoms with Crippen LogP contribution >= 0.6 is 10.8 Å². The van der Waals surface area contributed by atoms with Crippen LogP contribution in [-0.2, 0) is 9.53 Å². The van der Waals surface area contributed by atoms with Gasteiger partial charge in [-0.2, -0.15) is 17.6 Å². The quantitative estimate of drug-likeness (QED) is 0.383. The van der Waals surface area contributed by atoms with Gasteiger partial charge in [-0.25, -0.2) is 4.39 Å². The van der Waals surface area contributed by atoms with Crippen molar-refractivity contribution in [2.75, 3.05) is 17.7 Å². The molecule has 0 aliphatic carbocycles. The van der Waals surface area contributed by atoms with Gasteiger partial charge in [0.05, 0.1) is 12.8 Å². The van der Waals surface area contributed by atoms with Gasteiger partial charge >= 0.3 is 6.18 Å². The Balaban J connectivity index is 1.75. The molecule has 4 N–H and O–H groups in total. The fourth-order valence-corrected chi connectivity index (χ4v) is 5.45. The summed E-state index contributed by atoms with van der Waals surface area (Å²) in [5.74, 6) is -7.13. The first-order valence-electron chi connectivity index (χ1n) is 10.5. The Morgan fingerprint density at radius 2 is 1.94 bits per heavy atom. The number of nitrogens with zero attached hydrogens (tertiary/aromatic N) is 1. The molecule has 4 rings (SSSR count). The standard InChI is InChI=1S/C22H22F5N3O5S/c1-10-16(12-5-6-13(23)17(24)18(12)34-3)19(35-21(10,2)22(25,26)27)20(31)30-11-4-7-14-15(8-11)36(32,33)29-9-28-14/h4-10,16,19,32-33H,1-3H3,(H,28,29)(H,30,31)/t10-,16-,19+,21+/m0/s1. The first kappa shape index (κ1) is 26.1. The number of hydrogen-bond donors (Lipinski definition) is 4. The fraction of sp³-hybridized carbons (Fsp3) is 0.364. The minimum Gasteiger partial charge on any atom is -0.493 e. The number of benzene rings is 2. The summed E-state index contributed by atoms with van der Waals surface area (Å²) in [6.07, 6.45) is -5.60. The molecule has 0 bridgehead atoms. The topological polar surface area (TPSA) is 112 Å². The average molecular weight is 535 g/mol. The van der Waals surface area contributed by atoms with Crippen LogP contribution in [0.15, 0.2) is 39.6 Å². The number of anilines is 2. The fourth-order valence-electron chi connectivity index (χ4n) is 4.43. The van der Waals surface area contributed by atoms with Crippen molar-refractivity contribution in [3.05, 3.63) is 47.5 Å². The Morgan fingerprint density at radius 1 is 1.25 bits per heavy atom. The molecule has 8 nitrogen and oxygen atoms in total. The summed E-state index contributed by atoms with van der Waals surface area (Å²) in [7, 11) is -2.53. The van der Waals surface area contributed by atoms with Crippen molar-refractivity contribution in [3.63, 3.8) is 0 Å². The van der Waals surface area contributed by atoms with Gasteiger partial charge in [-0.05, 0) is 31.2 Å². The van der Waals surface area contributed by atoms with Crippen LogP contribution in [0.25, 0.3) is 0 Å². The third-order valence-electron chi connectivity index (χ3n) is 6.53. The number of rotatable bonds is 4. The van der Waals surface area contributed by atoms with Crippen molar-refractivity contribution >= 4 is 34.4 Å². The van der Waals surface area contributed by atoms with Crippen LogP contribution in [0.5, 0.6) is 5.75 Å². The Labute approximate surface area is 204 Å². The average Bonchev–Trinajstić information content (AvgIpc) is 3.08. The SMILES string of the molecule is COc1c([C@H]2[C@H](C(=O)Nc3ccc4c(c3)S(O)(O)N=CN4)O[C@@](C)(C(F)(F)F)[C@H]2C)ccc(F)c1F. The van der Waals surface area contributed by atoms with Crippen molar-refractivity contribution in [1.29, 1.82) is 0 Å². The largest absolute Gasteiger partial charge is 0.493 e. The molecule has 1 saturated heterocycles. The number of amides is 1. The summed E-state index contributed by atoms with van der Waals surface area (Å²) in [6.45, 7) is 1.98. The van der Waals surface area contributed by atoms with Crippen LogP contribution in [0, 0.1) is 17.6 Å². The van der Waals surface area contributed by atoms with Gasteiger partial charge in [0.1, 0.15) is 17.3 Å². The molecule has 0 spiro atoms. The molecule has 2 aromatic rings. The molecular weight excluding hydrogens is 513 g/mol. The molecule has 36 heavy (non-hydrogen) atoms. The number of halogens is 5. The zero-order chi connectivity index (χ0) is 26.6. The van der Waals surface area contributed by atoms with Gasteiger partial charge in [0.25, 0.3) is 5.91 Å². The van der Waals surface area contributed by atoms with Gasteiger partial charge in [0.15, 0.2) is 17.2 Å². The summed E-state index contributed by atoms with van der Waals surface area (Å²) in [4.78, 5) is 13.2. The molecule has 14 heteroatoms. The van der Waals surface area contributed by atoms with E-state index in [4.69, 9.17) is 9.47 Å². The normalized spacial score (nSPS) is 27.7. The Bertz CT molecular complexity index is 1240. The molecule has 1 amide bonds. The second kappa shape index (κ2) is 8.87. The second-order valence-electron chi connectivity index (χ2n) is 8.54. The number of carbonyl (C=O) groups is 1. The molecule has 196 valence electrons. The number of fused-ring (bicyclic) bond motifs is 1. The number of carbonyl (C=O) groups excluding carboxylic acids is 1. The maximum atomic E-state index is 14.5. The highest BCUT2D eigenvalue weighted by molar-refractivity contribution is 8.23. The third-order valence-corrected chi connectivity index (χ3v) is 7.86. The van der Waals surface area contributed by atoms with Gasteiger partial charge in [-0.1, -0.05) is 23.8 Å². The number of alkyl halides is 3. The van der Waals surface area contributed by atoms with Crippen LogP contribution in [0.1, 0.15) is 25.3 Å². The van der Waals surface area contributed by atoms with Gasteiger partial charge in [0, 0.05) is 23.1 Å². The second-order valence-corrected chi connectivity index (χ2v) is 10.2. The molecule has 2 aliphatic rings. The summed E-state index contributed by atoms with van der Waals surface area (Å²) < 4.78 is 105. The van der Waals surface area contributed by atoms with E-state index < -0.39 is 63.8 Å². The zero-order valence-electron chi connectivity index (χ0n) is 19.1. The van der Waals surface area contributed by atoms with E-state index in [-0.39, 0.29) is 16.1 Å². The predicted molar refractivity (Wildman–Crippen MR) is 122 cm³/mol. The number of nitrogens with one attached hydrogen (secondary N) is 2. The van der Waals surface area contributed by atoms with Crippen molar-refractivity contribution in [2.45, 2.75) is 42.5 Å². The van der Waals surface area contributed by atoms with Gasteiger partial charge in [-0.15, -0.1) is 4.40 Å². The minimum absolute atomic E-state index is 0.0190. The zero-order valence-corrected chi connectivity index (χ0v) is 19.9. The number of hydrogen-bond acceptors (Lipinski definition) is 7. The van der Waals surface area contributed by atoms with E-state index >= 15 is 0 Å². The molecule has 2 aliphatic heterocycles. The lowest BCUT2D eigenvalue weighted by Gasteiger charge is -2.32. The predicted octanol–water partition coefficient (Wildman–Crippen LogP) is 5.53. The lowest BCUT2D eigenvalue weighted by molar-refractivity contribution is -0.272. The van der Waals surface area contributed by atoms with Crippen molar-refractivity contribution in [2.24, 2.45) is 10.3 Å². The van der Waals surface area contributed by atoms with E-state index in [9.17, 15) is 35.9 Å². The Hall–Kier alpha value is -2.94. The van der Waals surface area contributed by atoms with E-state index in [1.165, 1.54) is 25.1 Å². The molecule has 0 aromatic heterocycles. The van der Waals surface area contributed by atoms with Crippen LogP contribution in [0.2, 0.25) is 0 Å². The van der Waals surface area contributed by atoms with Crippen LogP contribution in [0.3, 0.4) is 0 Å². The molecule has 0 radical (unpaired) electrons. The molecule has 4 atom stereocenters. The number of ether oxygens (including phenoxy) is 2. The molecule has 0 saturated carbocycles. The van der Waals surface area contributed by atoms with E-state index in [0.717, 1.165) is 32.5 Å². The molecule has 2 aromatic carbocycles.